The van der Waals surface area contributed by atoms with Crippen molar-refractivity contribution in [1.82, 2.24) is 4.90 Å². The van der Waals surface area contributed by atoms with Crippen LogP contribution in [0.2, 0.25) is 0 Å². The van der Waals surface area contributed by atoms with Gasteiger partial charge in [0.25, 0.3) is 0 Å². The van der Waals surface area contributed by atoms with Gasteiger partial charge in [-0.3, -0.25) is 4.90 Å². The summed E-state index contributed by atoms with van der Waals surface area (Å²) in [5.41, 5.74) is 0.411. The second kappa shape index (κ2) is 4.26. The number of piperidine rings is 1. The van der Waals surface area contributed by atoms with Crippen LogP contribution >= 0.6 is 0 Å². The number of benzene rings is 1. The zero-order valence-corrected chi connectivity index (χ0v) is 10.1. The van der Waals surface area contributed by atoms with Gasteiger partial charge in [-0.05, 0) is 48.9 Å². The topological polar surface area (TPSA) is 3.24 Å². The normalized spacial score (nSPS) is 27.9. The molecule has 2 atom stereocenters. The summed E-state index contributed by atoms with van der Waals surface area (Å²) >= 11 is 0. The average Bonchev–Trinajstić information content (AvgIpc) is 3.07. The molecule has 0 spiro atoms. The first-order chi connectivity index (χ1) is 8.52. The molecule has 0 aromatic heterocycles. The van der Waals surface area contributed by atoms with Crippen molar-refractivity contribution in [2.45, 2.75) is 25.6 Å². The lowest BCUT2D eigenvalue weighted by molar-refractivity contribution is -0.137. The van der Waals surface area contributed by atoms with Gasteiger partial charge >= 0.3 is 6.18 Å². The van der Waals surface area contributed by atoms with Gasteiger partial charge in [0.15, 0.2) is 0 Å². The first-order valence-corrected chi connectivity index (χ1v) is 6.41. The van der Waals surface area contributed by atoms with Gasteiger partial charge in [0.05, 0.1) is 5.56 Å². The number of hydrogen-bond acceptors (Lipinski definition) is 1. The van der Waals surface area contributed by atoms with Gasteiger partial charge in [-0.15, -0.1) is 0 Å². The molecule has 0 bridgehead atoms. The summed E-state index contributed by atoms with van der Waals surface area (Å²) in [6.07, 6.45) is -1.63. The lowest BCUT2D eigenvalue weighted by Gasteiger charge is -2.26. The van der Waals surface area contributed by atoms with Crippen molar-refractivity contribution in [3.05, 3.63) is 35.4 Å². The summed E-state index contributed by atoms with van der Waals surface area (Å²) in [6, 6.07) is 5.56. The fraction of sp³-hybridized carbons (Fsp3) is 0.571. The standard InChI is InChI=1S/C14H16F3N/c15-14(16,17)13-3-1-10(2-4-13)8-18-6-5-11-7-12(11)9-18/h1-4,11-12H,5-9H2. The number of hydrogen-bond donors (Lipinski definition) is 0. The van der Waals surface area contributed by atoms with E-state index >= 15 is 0 Å². The van der Waals surface area contributed by atoms with E-state index in [0.717, 1.165) is 37.0 Å². The highest BCUT2D eigenvalue weighted by Gasteiger charge is 2.41. The molecule has 3 rings (SSSR count). The van der Waals surface area contributed by atoms with Crippen molar-refractivity contribution in [3.8, 4) is 0 Å². The Morgan fingerprint density at radius 3 is 2.44 bits per heavy atom. The fourth-order valence-electron chi connectivity index (χ4n) is 2.86. The average molecular weight is 255 g/mol. The maximum absolute atomic E-state index is 12.4. The first kappa shape index (κ1) is 12.0. The van der Waals surface area contributed by atoms with Crippen molar-refractivity contribution in [2.24, 2.45) is 11.8 Å². The molecule has 1 aliphatic carbocycles. The molecule has 1 aromatic rings. The summed E-state index contributed by atoms with van der Waals surface area (Å²) in [6.45, 7) is 2.98. The molecule has 0 N–H and O–H groups in total. The summed E-state index contributed by atoms with van der Waals surface area (Å²) in [7, 11) is 0. The Morgan fingerprint density at radius 2 is 1.83 bits per heavy atom. The second-order valence-electron chi connectivity index (χ2n) is 5.47. The third kappa shape index (κ3) is 2.53. The highest BCUT2D eigenvalue weighted by atomic mass is 19.4. The molecule has 18 heavy (non-hydrogen) atoms. The van der Waals surface area contributed by atoms with Crippen LogP contribution in [0.5, 0.6) is 0 Å². The quantitative estimate of drug-likeness (QED) is 0.781. The number of fused-ring (bicyclic) bond motifs is 1. The Morgan fingerprint density at radius 1 is 1.11 bits per heavy atom. The lowest BCUT2D eigenvalue weighted by atomic mass is 10.1. The molecule has 98 valence electrons. The number of alkyl halides is 3. The molecular weight excluding hydrogens is 239 g/mol. The minimum atomic E-state index is -4.23. The third-order valence-electron chi connectivity index (χ3n) is 4.07. The Bertz CT molecular complexity index is 424. The molecule has 2 fully saturated rings. The Labute approximate surface area is 105 Å². The monoisotopic (exact) mass is 255 g/mol. The molecule has 1 heterocycles. The van der Waals surface area contributed by atoms with E-state index in [1.54, 1.807) is 12.1 Å². The van der Waals surface area contributed by atoms with Crippen molar-refractivity contribution in [2.75, 3.05) is 13.1 Å². The zero-order chi connectivity index (χ0) is 12.8. The largest absolute Gasteiger partial charge is 0.416 e. The second-order valence-corrected chi connectivity index (χ2v) is 5.47. The Balaban J connectivity index is 1.62. The van der Waals surface area contributed by atoms with E-state index in [-0.39, 0.29) is 0 Å². The van der Waals surface area contributed by atoms with Crippen LogP contribution in [0, 0.1) is 11.8 Å². The number of rotatable bonds is 2. The minimum Gasteiger partial charge on any atom is -0.299 e. The predicted molar refractivity (Wildman–Crippen MR) is 62.9 cm³/mol. The van der Waals surface area contributed by atoms with E-state index in [0.29, 0.717) is 0 Å². The fourth-order valence-corrected chi connectivity index (χ4v) is 2.86. The van der Waals surface area contributed by atoms with E-state index in [4.69, 9.17) is 0 Å². The first-order valence-electron chi connectivity index (χ1n) is 6.41. The molecule has 1 aliphatic heterocycles. The molecule has 0 amide bonds. The van der Waals surface area contributed by atoms with Crippen molar-refractivity contribution in [1.29, 1.82) is 0 Å². The van der Waals surface area contributed by atoms with E-state index in [2.05, 4.69) is 4.90 Å². The highest BCUT2D eigenvalue weighted by molar-refractivity contribution is 5.24. The van der Waals surface area contributed by atoms with Crippen molar-refractivity contribution in [3.63, 3.8) is 0 Å². The molecular formula is C14H16F3N. The summed E-state index contributed by atoms with van der Waals surface area (Å²) in [5, 5.41) is 0. The molecule has 1 aromatic carbocycles. The number of likely N-dealkylation sites (tertiary alicyclic amines) is 1. The van der Waals surface area contributed by atoms with Gasteiger partial charge in [0, 0.05) is 13.1 Å². The number of nitrogens with zero attached hydrogens (tertiary/aromatic N) is 1. The van der Waals surface area contributed by atoms with Gasteiger partial charge in [-0.25, -0.2) is 0 Å². The van der Waals surface area contributed by atoms with Crippen LogP contribution in [0.1, 0.15) is 24.0 Å². The van der Waals surface area contributed by atoms with Gasteiger partial charge in [0.2, 0.25) is 0 Å². The van der Waals surface area contributed by atoms with Gasteiger partial charge < -0.3 is 0 Å². The minimum absolute atomic E-state index is 0.563. The third-order valence-corrected chi connectivity index (χ3v) is 4.07. The van der Waals surface area contributed by atoms with Crippen LogP contribution in [0.15, 0.2) is 24.3 Å². The molecule has 4 heteroatoms. The Hall–Kier alpha value is -1.03. The lowest BCUT2D eigenvalue weighted by Crippen LogP contribution is -2.30. The zero-order valence-electron chi connectivity index (χ0n) is 10.1. The van der Waals surface area contributed by atoms with Crippen LogP contribution in [0.25, 0.3) is 0 Å². The van der Waals surface area contributed by atoms with Gasteiger partial charge in [0.1, 0.15) is 0 Å². The van der Waals surface area contributed by atoms with E-state index in [9.17, 15) is 13.2 Å². The smallest absolute Gasteiger partial charge is 0.299 e. The van der Waals surface area contributed by atoms with E-state index in [1.165, 1.54) is 25.0 Å². The number of halogens is 3. The molecule has 1 saturated carbocycles. The van der Waals surface area contributed by atoms with Crippen molar-refractivity contribution < 1.29 is 13.2 Å². The molecule has 1 saturated heterocycles. The summed E-state index contributed by atoms with van der Waals surface area (Å²) in [5.74, 6) is 1.79. The molecule has 0 radical (unpaired) electrons. The molecule has 2 aliphatic rings. The SMILES string of the molecule is FC(F)(F)c1ccc(CN2CCC3CC3C2)cc1. The van der Waals surface area contributed by atoms with Crippen LogP contribution < -0.4 is 0 Å². The summed E-state index contributed by atoms with van der Waals surface area (Å²) in [4.78, 5) is 2.36. The summed E-state index contributed by atoms with van der Waals surface area (Å²) < 4.78 is 37.3. The van der Waals surface area contributed by atoms with Gasteiger partial charge in [-0.2, -0.15) is 13.2 Å². The van der Waals surface area contributed by atoms with Crippen LogP contribution in [-0.2, 0) is 12.7 Å². The highest BCUT2D eigenvalue weighted by Crippen LogP contribution is 2.45. The van der Waals surface area contributed by atoms with E-state index in [1.807, 2.05) is 0 Å². The predicted octanol–water partition coefficient (Wildman–Crippen LogP) is 3.55. The maximum atomic E-state index is 12.4. The van der Waals surface area contributed by atoms with Crippen molar-refractivity contribution >= 4 is 0 Å². The molecule has 2 unspecified atom stereocenters. The van der Waals surface area contributed by atoms with Crippen LogP contribution in [-0.4, -0.2) is 18.0 Å². The van der Waals surface area contributed by atoms with E-state index < -0.39 is 11.7 Å². The Kier molecular flexibility index (Phi) is 2.85. The van der Waals surface area contributed by atoms with Crippen LogP contribution in [0.4, 0.5) is 13.2 Å². The van der Waals surface area contributed by atoms with Crippen LogP contribution in [0.3, 0.4) is 0 Å². The van der Waals surface area contributed by atoms with Gasteiger partial charge in [-0.1, -0.05) is 12.1 Å². The maximum Gasteiger partial charge on any atom is 0.416 e. The molecule has 1 nitrogen and oxygen atoms in total.